The van der Waals surface area contributed by atoms with Crippen LogP contribution in [0.2, 0.25) is 0 Å². The van der Waals surface area contributed by atoms with Crippen molar-refractivity contribution < 1.29 is 18.1 Å². The number of aromatic nitrogens is 3. The molecule has 3 aromatic rings. The maximum Gasteiger partial charge on any atom is 0.254 e. The first kappa shape index (κ1) is 17.6. The third kappa shape index (κ3) is 3.88. The Labute approximate surface area is 194 Å². The minimum atomic E-state index is -2.47. The molecule has 1 fully saturated rings. The van der Waals surface area contributed by atoms with Crippen molar-refractivity contribution in [1.29, 1.82) is 0 Å². The first-order valence-electron chi connectivity index (χ1n) is 12.0. The Morgan fingerprint density at radius 3 is 2.79 bits per heavy atom. The van der Waals surface area contributed by atoms with Crippen LogP contribution in [0.4, 0.5) is 27.3 Å². The van der Waals surface area contributed by atoms with Gasteiger partial charge in [-0.3, -0.25) is 14.3 Å². The molecule has 33 heavy (non-hydrogen) atoms. The second-order valence-electron chi connectivity index (χ2n) is 8.24. The van der Waals surface area contributed by atoms with Crippen LogP contribution >= 0.6 is 0 Å². The Morgan fingerprint density at radius 1 is 1.24 bits per heavy atom. The van der Waals surface area contributed by atoms with E-state index in [-0.39, 0.29) is 23.2 Å². The Kier molecular flexibility index (Phi) is 4.20. The van der Waals surface area contributed by atoms with Gasteiger partial charge in [-0.1, -0.05) is 0 Å². The Bertz CT molecular complexity index is 1380. The van der Waals surface area contributed by atoms with E-state index in [1.54, 1.807) is 7.05 Å². The summed E-state index contributed by atoms with van der Waals surface area (Å²) in [5.74, 6) is -0.892. The van der Waals surface area contributed by atoms with E-state index in [2.05, 4.69) is 26.0 Å². The van der Waals surface area contributed by atoms with E-state index in [9.17, 15) is 14.0 Å². The van der Waals surface area contributed by atoms with Gasteiger partial charge in [-0.2, -0.15) is 5.10 Å². The fourth-order valence-corrected chi connectivity index (χ4v) is 4.03. The van der Waals surface area contributed by atoms with E-state index in [4.69, 9.17) is 4.11 Å². The third-order valence-corrected chi connectivity index (χ3v) is 5.75. The van der Waals surface area contributed by atoms with Crippen molar-refractivity contribution in [2.75, 3.05) is 29.6 Å². The summed E-state index contributed by atoms with van der Waals surface area (Å²) in [5, 5.41) is 12.7. The van der Waals surface area contributed by atoms with Crippen molar-refractivity contribution in [2.45, 2.75) is 19.4 Å². The summed E-state index contributed by atoms with van der Waals surface area (Å²) in [5.41, 5.74) is 2.89. The van der Waals surface area contributed by atoms with E-state index in [1.807, 2.05) is 4.90 Å². The maximum atomic E-state index is 14.8. The average molecular weight is 453 g/mol. The minimum Gasteiger partial charge on any atom is -0.368 e. The molecule has 3 heterocycles. The number of carbonyl (C=O) groups is 2. The number of aryl methyl sites for hydroxylation is 1. The van der Waals surface area contributed by atoms with Gasteiger partial charge in [0.2, 0.25) is 5.91 Å². The van der Waals surface area contributed by atoms with Crippen LogP contribution in [0.3, 0.4) is 0 Å². The lowest BCUT2D eigenvalue weighted by Crippen LogP contribution is -2.23. The first-order chi connectivity index (χ1) is 17.0. The van der Waals surface area contributed by atoms with Gasteiger partial charge in [0.05, 0.1) is 28.3 Å². The Balaban J connectivity index is 1.58. The third-order valence-electron chi connectivity index (χ3n) is 5.75. The number of benzene rings is 1. The molecule has 0 saturated heterocycles. The van der Waals surface area contributed by atoms with Crippen LogP contribution < -0.4 is 20.9 Å². The summed E-state index contributed by atoms with van der Waals surface area (Å²) in [7, 11) is 3.28. The van der Waals surface area contributed by atoms with Crippen LogP contribution in [0.25, 0.3) is 11.3 Å². The number of fused-ring (bicyclic) bond motifs is 3. The summed E-state index contributed by atoms with van der Waals surface area (Å²) < 4.78 is 38.7. The number of halogens is 1. The minimum absolute atomic E-state index is 0.0328. The van der Waals surface area contributed by atoms with Crippen molar-refractivity contribution in [1.82, 2.24) is 20.1 Å². The highest BCUT2D eigenvalue weighted by Crippen LogP contribution is 2.44. The van der Waals surface area contributed by atoms with Crippen LogP contribution in [-0.4, -0.2) is 40.7 Å². The zero-order chi connectivity index (χ0) is 25.8. The molecule has 1 aromatic carbocycles. The molecule has 9 nitrogen and oxygen atoms in total. The molecule has 0 bridgehead atoms. The van der Waals surface area contributed by atoms with E-state index in [0.29, 0.717) is 40.4 Å². The van der Waals surface area contributed by atoms with Crippen molar-refractivity contribution >= 4 is 34.7 Å². The van der Waals surface area contributed by atoms with Gasteiger partial charge >= 0.3 is 0 Å². The summed E-state index contributed by atoms with van der Waals surface area (Å²) in [6, 6.07) is 4.12. The largest absolute Gasteiger partial charge is 0.368 e. The van der Waals surface area contributed by atoms with Crippen LogP contribution in [0, 0.1) is 11.7 Å². The predicted molar refractivity (Wildman–Crippen MR) is 123 cm³/mol. The molecule has 0 unspecified atom stereocenters. The molecule has 1 saturated carbocycles. The smallest absolute Gasteiger partial charge is 0.254 e. The second-order valence-corrected chi connectivity index (χ2v) is 8.24. The summed E-state index contributed by atoms with van der Waals surface area (Å²) in [6.45, 7) is -2.12. The van der Waals surface area contributed by atoms with Crippen LogP contribution in [-0.2, 0) is 18.3 Å². The van der Waals surface area contributed by atoms with Crippen molar-refractivity contribution in [3.8, 4) is 11.3 Å². The van der Waals surface area contributed by atoms with Gasteiger partial charge in [0.1, 0.15) is 11.6 Å². The zero-order valence-corrected chi connectivity index (χ0v) is 18.1. The molecule has 170 valence electrons. The number of nitrogens with zero attached hydrogens (tertiary/aromatic N) is 4. The molecule has 0 spiro atoms. The first-order valence-corrected chi connectivity index (χ1v) is 10.5. The number of pyridine rings is 1. The van der Waals surface area contributed by atoms with Gasteiger partial charge in [-0.05, 0) is 25.0 Å². The molecule has 10 heteroatoms. The lowest BCUT2D eigenvalue weighted by Gasteiger charge is -2.30. The summed E-state index contributed by atoms with van der Waals surface area (Å²) in [4.78, 5) is 30.8. The number of carbonyl (C=O) groups excluding carboxylic acids is 2. The highest BCUT2D eigenvalue weighted by molar-refractivity contribution is 6.02. The summed E-state index contributed by atoms with van der Waals surface area (Å²) >= 11 is 0. The number of hydrogen-bond acceptors (Lipinski definition) is 6. The topological polar surface area (TPSA) is 104 Å². The van der Waals surface area contributed by atoms with E-state index in [0.717, 1.165) is 17.5 Å². The van der Waals surface area contributed by atoms with Crippen molar-refractivity contribution in [2.24, 2.45) is 12.9 Å². The quantitative estimate of drug-likeness (QED) is 0.550. The molecule has 1 aliphatic carbocycles. The van der Waals surface area contributed by atoms with E-state index >= 15 is 0 Å². The van der Waals surface area contributed by atoms with Crippen LogP contribution in [0.1, 0.15) is 32.9 Å². The molecule has 2 aliphatic rings. The van der Waals surface area contributed by atoms with E-state index < -0.39 is 18.7 Å². The number of amides is 2. The van der Waals surface area contributed by atoms with Crippen LogP contribution in [0.5, 0.6) is 0 Å². The Morgan fingerprint density at radius 2 is 2.06 bits per heavy atom. The lowest BCUT2D eigenvalue weighted by atomic mass is 9.99. The van der Waals surface area contributed by atoms with Gasteiger partial charge < -0.3 is 20.9 Å². The monoisotopic (exact) mass is 452 g/mol. The number of rotatable bonds is 5. The van der Waals surface area contributed by atoms with Crippen molar-refractivity contribution in [3.63, 3.8) is 0 Å². The molecule has 1 aliphatic heterocycles. The normalized spacial score (nSPS) is 16.1. The fourth-order valence-electron chi connectivity index (χ4n) is 4.03. The molecular weight excluding hydrogens is 425 g/mol. The van der Waals surface area contributed by atoms with Crippen molar-refractivity contribution in [3.05, 3.63) is 47.5 Å². The van der Waals surface area contributed by atoms with Gasteiger partial charge in [0, 0.05) is 67.2 Å². The number of anilines is 4. The Hall–Kier alpha value is -3.95. The van der Waals surface area contributed by atoms with E-state index in [1.165, 1.54) is 37.6 Å². The van der Waals surface area contributed by atoms with Gasteiger partial charge in [0.25, 0.3) is 5.91 Å². The lowest BCUT2D eigenvalue weighted by molar-refractivity contribution is -0.117. The maximum absolute atomic E-state index is 14.8. The molecular formula is C23H24FN7O2. The number of hydrogen-bond donors (Lipinski definition) is 3. The zero-order valence-electron chi connectivity index (χ0n) is 21.1. The van der Waals surface area contributed by atoms with Gasteiger partial charge in [0.15, 0.2) is 0 Å². The second kappa shape index (κ2) is 7.88. The fraction of sp³-hybridized carbons (Fsp3) is 0.304. The highest BCUT2D eigenvalue weighted by atomic mass is 19.1. The SMILES string of the molecule is [2H]C([2H])([2H])n1cc2c(n1)-c1cc(F)cc(Nc3cc(NC(=O)C4CC4)ncc3C(=O)NC)c1N(C)C2. The van der Waals surface area contributed by atoms with Gasteiger partial charge in [-0.15, -0.1) is 0 Å². The average Bonchev–Trinajstić information content (AvgIpc) is 3.57. The molecule has 2 aromatic heterocycles. The summed E-state index contributed by atoms with van der Waals surface area (Å²) in [6.07, 6.45) is 4.44. The molecule has 0 radical (unpaired) electrons. The molecule has 3 N–H and O–H groups in total. The highest BCUT2D eigenvalue weighted by Gasteiger charge is 2.30. The predicted octanol–water partition coefficient (Wildman–Crippen LogP) is 3.02. The number of nitrogens with one attached hydrogen (secondary N) is 3. The molecule has 0 atom stereocenters. The molecule has 5 rings (SSSR count). The van der Waals surface area contributed by atoms with Crippen LogP contribution in [0.15, 0.2) is 30.6 Å². The standard InChI is InChI=1S/C23H24FN7O2/c1-25-23(33)16-9-26-19(28-22(32)12-4-5-12)8-17(16)27-18-7-14(24)6-15-20-13(11-31(3)29-20)10-30(2)21(15)18/h6-9,11-12H,4-5,10H2,1-3H3,(H,25,33)(H2,26,27,28,32)/i3D3. The molecule has 2 amide bonds. The van der Waals surface area contributed by atoms with Gasteiger partial charge in [-0.25, -0.2) is 9.37 Å².